The summed E-state index contributed by atoms with van der Waals surface area (Å²) in [5.74, 6) is -2.93. The quantitative estimate of drug-likeness (QED) is 0.488. The first kappa shape index (κ1) is 18.9. The molecule has 10 heteroatoms. The summed E-state index contributed by atoms with van der Waals surface area (Å²) in [6.07, 6.45) is 0. The smallest absolute Gasteiger partial charge is 0.288 e. The van der Waals surface area contributed by atoms with E-state index < -0.39 is 5.76 Å². The van der Waals surface area contributed by atoms with E-state index in [1.54, 1.807) is 36.7 Å². The average Bonchev–Trinajstić information content (AvgIpc) is 3.07. The largest absolute Gasteiger partial charge is 0.324 e. The zero-order chi connectivity index (χ0) is 18.7. The monoisotopic (exact) mass is 413 g/mol. The van der Waals surface area contributed by atoms with Crippen molar-refractivity contribution < 1.29 is 13.6 Å². The summed E-state index contributed by atoms with van der Waals surface area (Å²) in [4.78, 5) is 29.7. The number of benzene rings is 1. The van der Waals surface area contributed by atoms with Crippen LogP contribution >= 0.6 is 34.9 Å². The molecule has 1 aromatic carbocycles. The summed E-state index contributed by atoms with van der Waals surface area (Å²) in [6, 6.07) is 8.10. The van der Waals surface area contributed by atoms with E-state index in [4.69, 9.17) is 0 Å². The van der Waals surface area contributed by atoms with Gasteiger partial charge in [-0.25, -0.2) is 4.98 Å². The number of hydrogen-bond acceptors (Lipinski definition) is 6. The van der Waals surface area contributed by atoms with Crippen LogP contribution in [0, 0.1) is 0 Å². The van der Waals surface area contributed by atoms with Gasteiger partial charge in [0.1, 0.15) is 4.83 Å². The molecule has 0 aliphatic heterocycles. The van der Waals surface area contributed by atoms with E-state index in [0.717, 1.165) is 11.8 Å². The molecule has 0 atom stereocenters. The predicted molar refractivity (Wildman–Crippen MR) is 103 cm³/mol. The highest BCUT2D eigenvalue weighted by atomic mass is 32.2. The van der Waals surface area contributed by atoms with Crippen molar-refractivity contribution in [3.8, 4) is 0 Å². The number of nitrogens with zero attached hydrogens (tertiary/aromatic N) is 2. The van der Waals surface area contributed by atoms with Gasteiger partial charge in [0, 0.05) is 11.9 Å². The second-order valence-corrected chi connectivity index (χ2v) is 7.98. The average molecular weight is 413 g/mol. The van der Waals surface area contributed by atoms with Crippen molar-refractivity contribution in [2.75, 3.05) is 11.1 Å². The number of anilines is 1. The van der Waals surface area contributed by atoms with Gasteiger partial charge in [0.2, 0.25) is 5.91 Å². The van der Waals surface area contributed by atoms with Crippen molar-refractivity contribution in [1.29, 1.82) is 0 Å². The Hall–Kier alpha value is -1.91. The number of carbonyl (C=O) groups excluding carboxylic acids is 1. The molecule has 1 amide bonds. The number of alkyl halides is 2. The Kier molecular flexibility index (Phi) is 5.94. The molecule has 0 aliphatic carbocycles. The number of thiophene rings is 1. The van der Waals surface area contributed by atoms with Crippen LogP contribution in [0.25, 0.3) is 10.2 Å². The normalized spacial score (nSPS) is 11.2. The molecule has 5 nitrogen and oxygen atoms in total. The summed E-state index contributed by atoms with van der Waals surface area (Å²) in [6.45, 7) is 0. The summed E-state index contributed by atoms with van der Waals surface area (Å²) < 4.78 is 26.6. The highest BCUT2D eigenvalue weighted by Crippen LogP contribution is 2.31. The first-order chi connectivity index (χ1) is 12.5. The molecular formula is C16H13F2N3O2S3. The third-order valence-electron chi connectivity index (χ3n) is 3.37. The van der Waals surface area contributed by atoms with Crippen LogP contribution in [0.2, 0.25) is 0 Å². The second-order valence-electron chi connectivity index (χ2n) is 5.11. The molecule has 3 aromatic rings. The maximum Gasteiger partial charge on any atom is 0.288 e. The maximum absolute atomic E-state index is 12.6. The fraction of sp³-hybridized carbons (Fsp3) is 0.188. The fourth-order valence-corrected chi connectivity index (χ4v) is 4.37. The lowest BCUT2D eigenvalue weighted by molar-refractivity contribution is -0.113. The summed E-state index contributed by atoms with van der Waals surface area (Å²) in [7, 11) is 1.60. The van der Waals surface area contributed by atoms with E-state index >= 15 is 0 Å². The van der Waals surface area contributed by atoms with Crippen molar-refractivity contribution in [3.63, 3.8) is 0 Å². The van der Waals surface area contributed by atoms with E-state index in [1.165, 1.54) is 22.0 Å². The summed E-state index contributed by atoms with van der Waals surface area (Å²) >= 11 is 2.85. The zero-order valence-corrected chi connectivity index (χ0v) is 15.9. The molecule has 0 saturated carbocycles. The predicted octanol–water partition coefficient (Wildman–Crippen LogP) is 4.04. The first-order valence-corrected chi connectivity index (χ1v) is 10.1. The van der Waals surface area contributed by atoms with Crippen molar-refractivity contribution in [1.82, 2.24) is 9.55 Å². The van der Waals surface area contributed by atoms with Gasteiger partial charge in [-0.2, -0.15) is 8.78 Å². The number of rotatable bonds is 6. The van der Waals surface area contributed by atoms with Gasteiger partial charge in [-0.05, 0) is 23.6 Å². The molecule has 0 aliphatic rings. The first-order valence-electron chi connectivity index (χ1n) is 7.36. The molecule has 0 radical (unpaired) electrons. The number of amides is 1. The number of fused-ring (bicyclic) bond motifs is 1. The van der Waals surface area contributed by atoms with Crippen molar-refractivity contribution in [3.05, 3.63) is 46.1 Å². The number of aromatic nitrogens is 2. The van der Waals surface area contributed by atoms with E-state index in [-0.39, 0.29) is 17.2 Å². The van der Waals surface area contributed by atoms with E-state index in [9.17, 15) is 18.4 Å². The minimum Gasteiger partial charge on any atom is -0.324 e. The Morgan fingerprint density at radius 2 is 2.12 bits per heavy atom. The Morgan fingerprint density at radius 1 is 1.35 bits per heavy atom. The molecule has 0 saturated heterocycles. The van der Waals surface area contributed by atoms with Gasteiger partial charge in [0.25, 0.3) is 11.3 Å². The van der Waals surface area contributed by atoms with Crippen LogP contribution in [0.5, 0.6) is 0 Å². The lowest BCUT2D eigenvalue weighted by atomic mass is 10.3. The molecule has 1 N–H and O–H groups in total. The van der Waals surface area contributed by atoms with Crippen LogP contribution in [0.1, 0.15) is 0 Å². The number of halogens is 2. The molecule has 26 heavy (non-hydrogen) atoms. The van der Waals surface area contributed by atoms with Crippen molar-refractivity contribution >= 4 is 56.7 Å². The van der Waals surface area contributed by atoms with Crippen LogP contribution in [0.15, 0.2) is 50.6 Å². The molecule has 0 unspecified atom stereocenters. The number of hydrogen-bond donors (Lipinski definition) is 1. The molecule has 0 fully saturated rings. The summed E-state index contributed by atoms with van der Waals surface area (Å²) in [5, 5.41) is 5.39. The zero-order valence-electron chi connectivity index (χ0n) is 13.4. The fourth-order valence-electron chi connectivity index (χ4n) is 2.19. The SMILES string of the molecule is Cn1c(SCC(=O)Nc2ccccc2SC(F)F)nc2sccc2c1=O. The van der Waals surface area contributed by atoms with Gasteiger partial charge in [-0.3, -0.25) is 14.2 Å². The van der Waals surface area contributed by atoms with Gasteiger partial charge in [-0.15, -0.1) is 11.3 Å². The topological polar surface area (TPSA) is 64.0 Å². The van der Waals surface area contributed by atoms with Crippen LogP contribution in [-0.2, 0) is 11.8 Å². The number of carbonyl (C=O) groups is 1. The highest BCUT2D eigenvalue weighted by molar-refractivity contribution is 8.00. The minimum absolute atomic E-state index is 0.00480. The Balaban J connectivity index is 1.70. The Labute approximate surface area is 159 Å². The summed E-state index contributed by atoms with van der Waals surface area (Å²) in [5.41, 5.74) is 0.164. The molecule has 136 valence electrons. The second kappa shape index (κ2) is 8.19. The van der Waals surface area contributed by atoms with E-state index in [0.29, 0.717) is 37.7 Å². The third kappa shape index (κ3) is 4.25. The van der Waals surface area contributed by atoms with E-state index in [1.807, 2.05) is 0 Å². The number of thioether (sulfide) groups is 2. The third-order valence-corrected chi connectivity index (χ3v) is 6.00. The number of nitrogens with one attached hydrogen (secondary N) is 1. The molecule has 2 heterocycles. The van der Waals surface area contributed by atoms with Crippen LogP contribution in [0.3, 0.4) is 0 Å². The van der Waals surface area contributed by atoms with Gasteiger partial charge < -0.3 is 5.32 Å². The van der Waals surface area contributed by atoms with Gasteiger partial charge >= 0.3 is 0 Å². The van der Waals surface area contributed by atoms with E-state index in [2.05, 4.69) is 10.3 Å². The van der Waals surface area contributed by atoms with Gasteiger partial charge in [-0.1, -0.05) is 35.7 Å². The molecule has 2 aromatic heterocycles. The Bertz CT molecular complexity index is 1000. The lowest BCUT2D eigenvalue weighted by Gasteiger charge is -2.11. The van der Waals surface area contributed by atoms with Crippen LogP contribution in [0.4, 0.5) is 14.5 Å². The van der Waals surface area contributed by atoms with Crippen molar-refractivity contribution in [2.45, 2.75) is 15.8 Å². The Morgan fingerprint density at radius 3 is 2.88 bits per heavy atom. The molecule has 3 rings (SSSR count). The standard InChI is InChI=1S/C16H13F2N3O2S3/c1-21-14(23)9-6-7-24-13(9)20-16(21)25-8-12(22)19-10-4-2-3-5-11(10)26-15(17)18/h2-7,15H,8H2,1H3,(H,19,22). The lowest BCUT2D eigenvalue weighted by Crippen LogP contribution is -2.21. The molecular weight excluding hydrogens is 400 g/mol. The maximum atomic E-state index is 12.6. The van der Waals surface area contributed by atoms with Gasteiger partial charge in [0.15, 0.2) is 5.16 Å². The van der Waals surface area contributed by atoms with Crippen LogP contribution < -0.4 is 10.9 Å². The minimum atomic E-state index is -2.57. The van der Waals surface area contributed by atoms with Gasteiger partial charge in [0.05, 0.1) is 16.8 Å². The molecule has 0 bridgehead atoms. The molecule has 0 spiro atoms. The van der Waals surface area contributed by atoms with Crippen molar-refractivity contribution in [2.24, 2.45) is 7.05 Å². The van der Waals surface area contributed by atoms with Crippen LogP contribution in [-0.4, -0.2) is 27.0 Å². The number of para-hydroxylation sites is 1. The highest BCUT2D eigenvalue weighted by Gasteiger charge is 2.14.